The van der Waals surface area contributed by atoms with Crippen LogP contribution in [0.2, 0.25) is 0 Å². The second kappa shape index (κ2) is 5.26. The molecule has 2 aromatic carbocycles. The molecule has 102 valence electrons. The molecule has 0 unspecified atom stereocenters. The van der Waals surface area contributed by atoms with Crippen molar-refractivity contribution in [2.45, 2.75) is 25.9 Å². The van der Waals surface area contributed by atoms with E-state index < -0.39 is 0 Å². The van der Waals surface area contributed by atoms with Crippen molar-refractivity contribution in [3.8, 4) is 0 Å². The van der Waals surface area contributed by atoms with Gasteiger partial charge in [0, 0.05) is 5.92 Å². The maximum absolute atomic E-state index is 10.5. The first kappa shape index (κ1) is 13.1. The SMILES string of the molecule is CC1=C(c2ccccc2)[C@H](c2ccccc2)[C@H](C)[C@@H]1O. The number of aliphatic hydroxyl groups is 1. The second-order valence-corrected chi connectivity index (χ2v) is 5.66. The van der Waals surface area contributed by atoms with Crippen molar-refractivity contribution in [3.63, 3.8) is 0 Å². The van der Waals surface area contributed by atoms with Crippen molar-refractivity contribution in [2.24, 2.45) is 5.92 Å². The molecule has 0 fully saturated rings. The monoisotopic (exact) mass is 264 g/mol. The van der Waals surface area contributed by atoms with Crippen LogP contribution in [0, 0.1) is 5.92 Å². The van der Waals surface area contributed by atoms with Crippen molar-refractivity contribution in [1.82, 2.24) is 0 Å². The van der Waals surface area contributed by atoms with Gasteiger partial charge in [0.25, 0.3) is 0 Å². The van der Waals surface area contributed by atoms with E-state index in [2.05, 4.69) is 62.4 Å². The van der Waals surface area contributed by atoms with Gasteiger partial charge in [0.15, 0.2) is 0 Å². The van der Waals surface area contributed by atoms with Crippen LogP contribution in [0.25, 0.3) is 5.57 Å². The zero-order valence-electron chi connectivity index (χ0n) is 12.0. The average molecular weight is 264 g/mol. The molecule has 2 aromatic rings. The number of rotatable bonds is 2. The van der Waals surface area contributed by atoms with Crippen LogP contribution in [0.15, 0.2) is 66.2 Å². The Hall–Kier alpha value is -1.86. The molecule has 3 rings (SSSR count). The van der Waals surface area contributed by atoms with Gasteiger partial charge in [-0.05, 0) is 35.1 Å². The zero-order chi connectivity index (χ0) is 14.1. The van der Waals surface area contributed by atoms with E-state index in [1.54, 1.807) is 0 Å². The highest BCUT2D eigenvalue weighted by atomic mass is 16.3. The van der Waals surface area contributed by atoms with Gasteiger partial charge in [-0.1, -0.05) is 67.6 Å². The van der Waals surface area contributed by atoms with Crippen LogP contribution in [-0.2, 0) is 0 Å². The number of benzene rings is 2. The minimum Gasteiger partial charge on any atom is -0.388 e. The first-order valence-electron chi connectivity index (χ1n) is 7.19. The Bertz CT molecular complexity index is 613. The highest BCUT2D eigenvalue weighted by Gasteiger charge is 2.38. The Kier molecular flexibility index (Phi) is 3.45. The highest BCUT2D eigenvalue weighted by molar-refractivity contribution is 5.77. The van der Waals surface area contributed by atoms with Crippen molar-refractivity contribution < 1.29 is 5.11 Å². The van der Waals surface area contributed by atoms with Crippen LogP contribution in [0.1, 0.15) is 30.9 Å². The topological polar surface area (TPSA) is 20.2 Å². The summed E-state index contributed by atoms with van der Waals surface area (Å²) in [4.78, 5) is 0. The summed E-state index contributed by atoms with van der Waals surface area (Å²) in [5, 5.41) is 10.5. The fourth-order valence-corrected chi connectivity index (χ4v) is 3.40. The Morgan fingerprint density at radius 2 is 1.40 bits per heavy atom. The second-order valence-electron chi connectivity index (χ2n) is 5.66. The lowest BCUT2D eigenvalue weighted by molar-refractivity contribution is 0.157. The van der Waals surface area contributed by atoms with Gasteiger partial charge >= 0.3 is 0 Å². The van der Waals surface area contributed by atoms with Crippen LogP contribution in [0.4, 0.5) is 0 Å². The molecule has 0 bridgehead atoms. The summed E-state index contributed by atoms with van der Waals surface area (Å²) in [6.45, 7) is 4.20. The van der Waals surface area contributed by atoms with E-state index in [0.29, 0.717) is 0 Å². The fourth-order valence-electron chi connectivity index (χ4n) is 3.40. The maximum atomic E-state index is 10.5. The molecule has 0 aliphatic heterocycles. The minimum absolute atomic E-state index is 0.215. The molecule has 0 saturated heterocycles. The lowest BCUT2D eigenvalue weighted by atomic mass is 9.83. The average Bonchev–Trinajstić information content (AvgIpc) is 2.73. The molecule has 0 spiro atoms. The van der Waals surface area contributed by atoms with E-state index in [4.69, 9.17) is 0 Å². The van der Waals surface area contributed by atoms with Crippen molar-refractivity contribution in [1.29, 1.82) is 0 Å². The predicted molar refractivity (Wildman–Crippen MR) is 83.4 cm³/mol. The smallest absolute Gasteiger partial charge is 0.0788 e. The molecule has 0 heterocycles. The van der Waals surface area contributed by atoms with E-state index >= 15 is 0 Å². The molecular weight excluding hydrogens is 244 g/mol. The number of allylic oxidation sites excluding steroid dienone is 1. The van der Waals surface area contributed by atoms with Gasteiger partial charge < -0.3 is 5.11 Å². The van der Waals surface area contributed by atoms with Crippen molar-refractivity contribution >= 4 is 5.57 Å². The Balaban J connectivity index is 2.13. The van der Waals surface area contributed by atoms with E-state index in [9.17, 15) is 5.11 Å². The molecular formula is C19H20O. The van der Waals surface area contributed by atoms with E-state index in [1.165, 1.54) is 16.7 Å². The first-order valence-corrected chi connectivity index (χ1v) is 7.19. The quantitative estimate of drug-likeness (QED) is 0.859. The number of aliphatic hydroxyl groups excluding tert-OH is 1. The Morgan fingerprint density at radius 1 is 0.850 bits per heavy atom. The van der Waals surface area contributed by atoms with Gasteiger partial charge in [0.05, 0.1) is 6.10 Å². The van der Waals surface area contributed by atoms with Crippen LogP contribution in [0.5, 0.6) is 0 Å². The molecule has 1 heteroatoms. The number of hydrogen-bond donors (Lipinski definition) is 1. The fraction of sp³-hybridized carbons (Fsp3) is 0.263. The van der Waals surface area contributed by atoms with Crippen LogP contribution >= 0.6 is 0 Å². The molecule has 0 aromatic heterocycles. The third kappa shape index (κ3) is 2.08. The van der Waals surface area contributed by atoms with Gasteiger partial charge in [-0.25, -0.2) is 0 Å². The summed E-state index contributed by atoms with van der Waals surface area (Å²) in [6.07, 6.45) is -0.351. The molecule has 1 aliphatic rings. The zero-order valence-corrected chi connectivity index (χ0v) is 12.0. The van der Waals surface area contributed by atoms with Crippen molar-refractivity contribution in [3.05, 3.63) is 77.4 Å². The van der Waals surface area contributed by atoms with Crippen LogP contribution in [-0.4, -0.2) is 11.2 Å². The molecule has 1 aliphatic carbocycles. The van der Waals surface area contributed by atoms with Crippen LogP contribution < -0.4 is 0 Å². The molecule has 1 N–H and O–H groups in total. The van der Waals surface area contributed by atoms with E-state index in [1.807, 2.05) is 12.1 Å². The third-order valence-corrected chi connectivity index (χ3v) is 4.45. The first-order chi connectivity index (χ1) is 9.70. The molecule has 3 atom stereocenters. The summed E-state index contributed by atoms with van der Waals surface area (Å²) in [5.41, 5.74) is 4.91. The van der Waals surface area contributed by atoms with Gasteiger partial charge in [-0.3, -0.25) is 0 Å². The summed E-state index contributed by atoms with van der Waals surface area (Å²) < 4.78 is 0. The van der Waals surface area contributed by atoms with Gasteiger partial charge in [0.1, 0.15) is 0 Å². The molecule has 20 heavy (non-hydrogen) atoms. The molecule has 1 nitrogen and oxygen atoms in total. The Labute approximate surface area is 120 Å². The van der Waals surface area contributed by atoms with Crippen LogP contribution in [0.3, 0.4) is 0 Å². The molecule has 0 radical (unpaired) electrons. The maximum Gasteiger partial charge on any atom is 0.0788 e. The molecule has 0 amide bonds. The largest absolute Gasteiger partial charge is 0.388 e. The summed E-state index contributed by atoms with van der Waals surface area (Å²) in [6, 6.07) is 20.9. The van der Waals surface area contributed by atoms with Gasteiger partial charge in [-0.15, -0.1) is 0 Å². The van der Waals surface area contributed by atoms with Gasteiger partial charge in [-0.2, -0.15) is 0 Å². The molecule has 0 saturated carbocycles. The third-order valence-electron chi connectivity index (χ3n) is 4.45. The summed E-state index contributed by atoms with van der Waals surface area (Å²) >= 11 is 0. The lowest BCUT2D eigenvalue weighted by Crippen LogP contribution is -2.17. The lowest BCUT2D eigenvalue weighted by Gasteiger charge is -2.22. The minimum atomic E-state index is -0.351. The van der Waals surface area contributed by atoms with E-state index in [-0.39, 0.29) is 17.9 Å². The standard InChI is InChI=1S/C19H20O/c1-13-17(15-9-5-3-6-10-15)18(14(2)19(13)20)16-11-7-4-8-12-16/h3-13,17,19-20H,1-2H3/t13-,17-,19-/m0/s1. The summed E-state index contributed by atoms with van der Waals surface area (Å²) in [5.74, 6) is 0.487. The van der Waals surface area contributed by atoms with Gasteiger partial charge in [0.2, 0.25) is 0 Å². The number of hydrogen-bond acceptors (Lipinski definition) is 1. The Morgan fingerprint density at radius 3 is 2.00 bits per heavy atom. The van der Waals surface area contributed by atoms with Crippen molar-refractivity contribution in [2.75, 3.05) is 0 Å². The predicted octanol–water partition coefficient (Wildman–Crippen LogP) is 4.25. The normalized spacial score (nSPS) is 26.1. The van der Waals surface area contributed by atoms with E-state index in [0.717, 1.165) is 5.57 Å². The summed E-state index contributed by atoms with van der Waals surface area (Å²) in [7, 11) is 0. The highest BCUT2D eigenvalue weighted by Crippen LogP contribution is 2.48.